The molecular weight excluding hydrogens is 270 g/mol. The first-order valence-electron chi connectivity index (χ1n) is 5.64. The number of aryl methyl sites for hydroxylation is 1. The summed E-state index contributed by atoms with van der Waals surface area (Å²) < 4.78 is 11.6. The third kappa shape index (κ3) is 2.97. The van der Waals surface area contributed by atoms with Crippen molar-refractivity contribution in [3.8, 4) is 0 Å². The highest BCUT2D eigenvalue weighted by atomic mass is 35.5. The maximum atomic E-state index is 11.7. The largest absolute Gasteiger partial charge is 0.467 e. The Bertz CT molecular complexity index is 595. The summed E-state index contributed by atoms with van der Waals surface area (Å²) in [5.74, 6) is 0.693. The maximum absolute atomic E-state index is 11.7. The number of rotatable bonds is 5. The number of halogens is 1. The average molecular weight is 284 g/mol. The number of furan rings is 1. The van der Waals surface area contributed by atoms with E-state index in [2.05, 4.69) is 10.4 Å². The molecule has 1 unspecified atom stereocenters. The molecule has 19 heavy (non-hydrogen) atoms. The van der Waals surface area contributed by atoms with Crippen molar-refractivity contribution in [1.29, 1.82) is 0 Å². The van der Waals surface area contributed by atoms with Crippen LogP contribution in [0.25, 0.3) is 0 Å². The number of hydrogen-bond acceptors (Lipinski definition) is 5. The van der Waals surface area contributed by atoms with Crippen LogP contribution in [-0.2, 0) is 11.8 Å². The number of anilines is 1. The first kappa shape index (κ1) is 13.6. The highest BCUT2D eigenvalue weighted by molar-refractivity contribution is 6.32. The van der Waals surface area contributed by atoms with Crippen molar-refractivity contribution in [3.63, 3.8) is 0 Å². The molecule has 2 aromatic heterocycles. The van der Waals surface area contributed by atoms with E-state index in [1.165, 1.54) is 17.9 Å². The van der Waals surface area contributed by atoms with E-state index < -0.39 is 0 Å². The lowest BCUT2D eigenvalue weighted by Gasteiger charge is -2.17. The van der Waals surface area contributed by atoms with Gasteiger partial charge in [-0.25, -0.2) is 4.68 Å². The van der Waals surface area contributed by atoms with E-state index >= 15 is 0 Å². The fourth-order valence-corrected chi connectivity index (χ4v) is 1.88. The second-order valence-electron chi connectivity index (χ2n) is 3.97. The minimum atomic E-state index is -0.359. The molecule has 0 saturated heterocycles. The summed E-state index contributed by atoms with van der Waals surface area (Å²) >= 11 is 6.00. The van der Waals surface area contributed by atoms with Crippen LogP contribution in [0.2, 0.25) is 5.02 Å². The zero-order valence-electron chi connectivity index (χ0n) is 10.6. The van der Waals surface area contributed by atoms with E-state index in [1.54, 1.807) is 19.4 Å². The van der Waals surface area contributed by atoms with Gasteiger partial charge in [-0.2, -0.15) is 5.10 Å². The Balaban J connectivity index is 2.27. The van der Waals surface area contributed by atoms with Gasteiger partial charge >= 0.3 is 0 Å². The number of nitrogens with zero attached hydrogens (tertiary/aromatic N) is 2. The lowest BCUT2D eigenvalue weighted by atomic mass is 10.2. The quantitative estimate of drug-likeness (QED) is 0.906. The Morgan fingerprint density at radius 2 is 2.42 bits per heavy atom. The number of aromatic nitrogens is 2. The van der Waals surface area contributed by atoms with Gasteiger partial charge in [0, 0.05) is 14.2 Å². The summed E-state index contributed by atoms with van der Waals surface area (Å²) in [6, 6.07) is 3.36. The Morgan fingerprint density at radius 3 is 3.05 bits per heavy atom. The van der Waals surface area contributed by atoms with Gasteiger partial charge in [-0.3, -0.25) is 4.79 Å². The molecule has 2 rings (SSSR count). The predicted octanol–water partition coefficient (Wildman–Crippen LogP) is 1.83. The molecule has 0 saturated carbocycles. The minimum absolute atomic E-state index is 0.0881. The van der Waals surface area contributed by atoms with E-state index in [0.29, 0.717) is 18.1 Å². The molecule has 1 atom stereocenters. The third-order valence-corrected chi connectivity index (χ3v) is 2.99. The molecule has 0 fully saturated rings. The van der Waals surface area contributed by atoms with Crippen molar-refractivity contribution < 1.29 is 9.15 Å². The number of ether oxygens (including phenoxy) is 1. The highest BCUT2D eigenvalue weighted by Gasteiger charge is 2.17. The molecular formula is C12H14ClN3O3. The predicted molar refractivity (Wildman–Crippen MR) is 71.4 cm³/mol. The number of nitrogens with one attached hydrogen (secondary N) is 1. The Hall–Kier alpha value is -1.79. The topological polar surface area (TPSA) is 69.3 Å². The molecule has 0 amide bonds. The molecule has 7 heteroatoms. The Kier molecular flexibility index (Phi) is 4.24. The van der Waals surface area contributed by atoms with Crippen LogP contribution in [0.15, 0.2) is 33.8 Å². The smallest absolute Gasteiger partial charge is 0.287 e. The van der Waals surface area contributed by atoms with Crippen molar-refractivity contribution in [2.24, 2.45) is 7.05 Å². The van der Waals surface area contributed by atoms with Crippen LogP contribution in [0, 0.1) is 0 Å². The van der Waals surface area contributed by atoms with Crippen LogP contribution in [0.5, 0.6) is 0 Å². The summed E-state index contributed by atoms with van der Waals surface area (Å²) in [6.07, 6.45) is 3.07. The molecule has 0 bridgehead atoms. The summed E-state index contributed by atoms with van der Waals surface area (Å²) in [5.41, 5.74) is 0.0884. The standard InChI is InChI=1S/C12H14ClN3O3/c1-16-12(17)11(13)8(6-14-16)15-9(7-18-2)10-4-3-5-19-10/h3-6,9,15H,7H2,1-2H3. The second-order valence-corrected chi connectivity index (χ2v) is 4.35. The number of hydrogen-bond donors (Lipinski definition) is 1. The maximum Gasteiger partial charge on any atom is 0.287 e. The second kappa shape index (κ2) is 5.90. The van der Waals surface area contributed by atoms with E-state index in [9.17, 15) is 4.79 Å². The van der Waals surface area contributed by atoms with Gasteiger partial charge in [0.15, 0.2) is 0 Å². The van der Waals surface area contributed by atoms with Crippen LogP contribution >= 0.6 is 11.6 Å². The molecule has 0 aliphatic carbocycles. The van der Waals surface area contributed by atoms with Crippen LogP contribution in [0.1, 0.15) is 11.8 Å². The van der Waals surface area contributed by atoms with Crippen LogP contribution in [0.4, 0.5) is 5.69 Å². The lowest BCUT2D eigenvalue weighted by molar-refractivity contribution is 0.179. The van der Waals surface area contributed by atoms with Gasteiger partial charge in [-0.05, 0) is 12.1 Å². The molecule has 0 radical (unpaired) electrons. The lowest BCUT2D eigenvalue weighted by Crippen LogP contribution is -2.23. The van der Waals surface area contributed by atoms with Crippen LogP contribution < -0.4 is 10.9 Å². The molecule has 102 valence electrons. The van der Waals surface area contributed by atoms with Crippen molar-refractivity contribution in [3.05, 3.63) is 45.7 Å². The Labute approximate surface area is 114 Å². The first-order chi connectivity index (χ1) is 9.13. The SMILES string of the molecule is COCC(Nc1cnn(C)c(=O)c1Cl)c1ccco1. The molecule has 1 N–H and O–H groups in total. The monoisotopic (exact) mass is 283 g/mol. The van der Waals surface area contributed by atoms with Gasteiger partial charge < -0.3 is 14.5 Å². The van der Waals surface area contributed by atoms with Gasteiger partial charge in [0.1, 0.15) is 16.8 Å². The Morgan fingerprint density at radius 1 is 1.63 bits per heavy atom. The molecule has 0 aromatic carbocycles. The van der Waals surface area contributed by atoms with Crippen molar-refractivity contribution in [1.82, 2.24) is 9.78 Å². The summed E-state index contributed by atoms with van der Waals surface area (Å²) in [5, 5.41) is 7.10. The number of methoxy groups -OCH3 is 1. The molecule has 2 heterocycles. The van der Waals surface area contributed by atoms with Gasteiger partial charge in [0.2, 0.25) is 0 Å². The summed E-state index contributed by atoms with van der Waals surface area (Å²) in [7, 11) is 3.12. The van der Waals surface area contributed by atoms with E-state index in [1.807, 2.05) is 6.07 Å². The minimum Gasteiger partial charge on any atom is -0.467 e. The van der Waals surface area contributed by atoms with Crippen LogP contribution in [0.3, 0.4) is 0 Å². The zero-order chi connectivity index (χ0) is 13.8. The highest BCUT2D eigenvalue weighted by Crippen LogP contribution is 2.23. The fourth-order valence-electron chi connectivity index (χ4n) is 1.65. The molecule has 2 aromatic rings. The first-order valence-corrected chi connectivity index (χ1v) is 6.02. The average Bonchev–Trinajstić information content (AvgIpc) is 2.92. The van der Waals surface area contributed by atoms with Gasteiger partial charge in [-0.15, -0.1) is 0 Å². The van der Waals surface area contributed by atoms with E-state index in [4.69, 9.17) is 20.8 Å². The molecule has 0 aliphatic heterocycles. The summed E-state index contributed by atoms with van der Waals surface area (Å²) in [4.78, 5) is 11.7. The third-order valence-electron chi connectivity index (χ3n) is 2.63. The van der Waals surface area contributed by atoms with Crippen molar-refractivity contribution >= 4 is 17.3 Å². The normalized spacial score (nSPS) is 12.4. The van der Waals surface area contributed by atoms with Crippen LogP contribution in [-0.4, -0.2) is 23.5 Å². The fraction of sp³-hybridized carbons (Fsp3) is 0.333. The molecule has 0 spiro atoms. The van der Waals surface area contributed by atoms with E-state index in [-0.39, 0.29) is 16.6 Å². The molecule has 6 nitrogen and oxygen atoms in total. The van der Waals surface area contributed by atoms with Crippen molar-refractivity contribution in [2.45, 2.75) is 6.04 Å². The van der Waals surface area contributed by atoms with E-state index in [0.717, 1.165) is 0 Å². The molecule has 0 aliphatic rings. The summed E-state index contributed by atoms with van der Waals surface area (Å²) in [6.45, 7) is 0.374. The van der Waals surface area contributed by atoms with Gasteiger partial charge in [0.25, 0.3) is 5.56 Å². The van der Waals surface area contributed by atoms with Gasteiger partial charge in [0.05, 0.1) is 24.8 Å². The van der Waals surface area contributed by atoms with Gasteiger partial charge in [-0.1, -0.05) is 11.6 Å². The zero-order valence-corrected chi connectivity index (χ0v) is 11.3. The van der Waals surface area contributed by atoms with Crippen molar-refractivity contribution in [2.75, 3.05) is 19.0 Å².